The van der Waals surface area contributed by atoms with E-state index >= 15 is 8.78 Å². The first kappa shape index (κ1) is 38.4. The Hall–Kier alpha value is -5.48. The van der Waals surface area contributed by atoms with Gasteiger partial charge in [0.1, 0.15) is 35.2 Å². The van der Waals surface area contributed by atoms with Gasteiger partial charge in [0.15, 0.2) is 11.5 Å². The fraction of sp³-hybridized carbons (Fsp3) is 0.368. The van der Waals surface area contributed by atoms with Crippen molar-refractivity contribution in [3.63, 3.8) is 0 Å². The van der Waals surface area contributed by atoms with E-state index in [2.05, 4.69) is 32.1 Å². The zero-order chi connectivity index (χ0) is 40.8. The van der Waals surface area contributed by atoms with E-state index in [-0.39, 0.29) is 41.2 Å². The third kappa shape index (κ3) is 7.20. The van der Waals surface area contributed by atoms with Crippen molar-refractivity contribution < 1.29 is 49.1 Å². The molecule has 0 bridgehead atoms. The zero-order valence-corrected chi connectivity index (χ0v) is 30.9. The molecule has 0 saturated heterocycles. The maximum absolute atomic E-state index is 15.4. The molecule has 1 unspecified atom stereocenters. The van der Waals surface area contributed by atoms with E-state index in [0.717, 1.165) is 24.8 Å². The van der Waals surface area contributed by atoms with Crippen molar-refractivity contribution in [2.75, 3.05) is 11.0 Å². The molecule has 19 heteroatoms. The summed E-state index contributed by atoms with van der Waals surface area (Å²) in [6.07, 6.45) is -3.03. The number of sulfonamides is 1. The van der Waals surface area contributed by atoms with E-state index in [1.165, 1.54) is 10.7 Å². The maximum atomic E-state index is 15.4. The number of halogens is 7. The van der Waals surface area contributed by atoms with Gasteiger partial charge in [0, 0.05) is 41.1 Å². The van der Waals surface area contributed by atoms with Gasteiger partial charge in [-0.3, -0.25) is 18.9 Å². The van der Waals surface area contributed by atoms with Crippen molar-refractivity contribution in [3.8, 4) is 23.0 Å². The predicted molar refractivity (Wildman–Crippen MR) is 191 cm³/mol. The summed E-state index contributed by atoms with van der Waals surface area (Å²) >= 11 is 0. The second kappa shape index (κ2) is 13.3. The number of nitrogens with one attached hydrogen (secondary N) is 2. The SMILES string of the molecule is Cn1nc(NS(C)(=O)=O)c2cccc(-c3ccc(C#CC4(O)CCC4)nc3[C@H](Cc3cc(F)cc(F)c3)NC(=O)Cn3nc(C(F)(F)F)c4c3C(F)(F)C3C[C@H]43)c21. The summed E-state index contributed by atoms with van der Waals surface area (Å²) in [5.41, 5.74) is -3.12. The van der Waals surface area contributed by atoms with E-state index in [1.807, 2.05) is 0 Å². The highest BCUT2D eigenvalue weighted by atomic mass is 32.2. The Morgan fingerprint density at radius 2 is 1.79 bits per heavy atom. The van der Waals surface area contributed by atoms with Gasteiger partial charge in [-0.25, -0.2) is 22.2 Å². The van der Waals surface area contributed by atoms with Crippen molar-refractivity contribution in [1.82, 2.24) is 29.9 Å². The van der Waals surface area contributed by atoms with Gasteiger partial charge in [0.2, 0.25) is 15.9 Å². The van der Waals surface area contributed by atoms with Crippen LogP contribution in [0, 0.1) is 29.4 Å². The third-order valence-corrected chi connectivity index (χ3v) is 11.1. The molecule has 5 aromatic rings. The number of pyridine rings is 1. The number of hydrogen-bond acceptors (Lipinski definition) is 7. The largest absolute Gasteiger partial charge is 0.435 e. The summed E-state index contributed by atoms with van der Waals surface area (Å²) < 4.78 is 130. The summed E-state index contributed by atoms with van der Waals surface area (Å²) in [4.78, 5) is 18.6. The van der Waals surface area contributed by atoms with Gasteiger partial charge in [0.05, 0.1) is 23.5 Å². The minimum atomic E-state index is -5.07. The second-order valence-electron chi connectivity index (χ2n) is 14.8. The van der Waals surface area contributed by atoms with E-state index in [0.29, 0.717) is 40.1 Å². The molecule has 2 aromatic carbocycles. The molecule has 8 rings (SSSR count). The van der Waals surface area contributed by atoms with Crippen LogP contribution in [0.25, 0.3) is 22.0 Å². The van der Waals surface area contributed by atoms with Crippen LogP contribution in [0.5, 0.6) is 0 Å². The molecule has 3 heterocycles. The highest BCUT2D eigenvalue weighted by Gasteiger charge is 2.68. The van der Waals surface area contributed by atoms with Gasteiger partial charge in [-0.15, -0.1) is 0 Å². The fourth-order valence-corrected chi connectivity index (χ4v) is 8.31. The highest BCUT2D eigenvalue weighted by molar-refractivity contribution is 7.92. The summed E-state index contributed by atoms with van der Waals surface area (Å²) in [5.74, 6) is -3.40. The smallest absolute Gasteiger partial charge is 0.378 e. The van der Waals surface area contributed by atoms with Gasteiger partial charge in [-0.1, -0.05) is 18.1 Å². The minimum Gasteiger partial charge on any atom is -0.378 e. The number of aryl methyl sites for hydroxylation is 1. The summed E-state index contributed by atoms with van der Waals surface area (Å²) in [7, 11) is -2.22. The number of rotatable bonds is 9. The molecule has 3 aliphatic rings. The minimum absolute atomic E-state index is 0.00194. The van der Waals surface area contributed by atoms with E-state index in [1.54, 1.807) is 31.3 Å². The molecule has 298 valence electrons. The number of alkyl halides is 5. The lowest BCUT2D eigenvalue weighted by molar-refractivity contribution is -0.142. The van der Waals surface area contributed by atoms with Crippen LogP contribution in [0.2, 0.25) is 0 Å². The number of hydrogen-bond donors (Lipinski definition) is 3. The summed E-state index contributed by atoms with van der Waals surface area (Å²) in [5, 5.41) is 21.5. The van der Waals surface area contributed by atoms with Gasteiger partial charge >= 0.3 is 6.18 Å². The van der Waals surface area contributed by atoms with Crippen LogP contribution in [0.15, 0.2) is 48.5 Å². The highest BCUT2D eigenvalue weighted by Crippen LogP contribution is 2.68. The predicted octanol–water partition coefficient (Wildman–Crippen LogP) is 6.08. The first-order valence-electron chi connectivity index (χ1n) is 17.7. The molecule has 0 aliphatic heterocycles. The summed E-state index contributed by atoms with van der Waals surface area (Å²) in [6, 6.07) is 9.27. The molecule has 0 radical (unpaired) electrons. The molecule has 3 N–H and O–H groups in total. The molecule has 3 atom stereocenters. The van der Waals surface area contributed by atoms with Crippen LogP contribution in [0.4, 0.5) is 36.6 Å². The Morgan fingerprint density at radius 3 is 2.44 bits per heavy atom. The molecule has 2 fully saturated rings. The van der Waals surface area contributed by atoms with Gasteiger partial charge in [-0.2, -0.15) is 32.1 Å². The van der Waals surface area contributed by atoms with E-state index < -0.39 is 86.6 Å². The molecule has 3 aromatic heterocycles. The Balaban J connectivity index is 1.26. The van der Waals surface area contributed by atoms with Gasteiger partial charge in [-0.05, 0) is 79.8 Å². The number of carbonyl (C=O) groups is 1. The number of nitrogens with zero attached hydrogens (tertiary/aromatic N) is 5. The first-order valence-corrected chi connectivity index (χ1v) is 19.6. The Labute approximate surface area is 320 Å². The number of anilines is 1. The third-order valence-electron chi connectivity index (χ3n) is 10.5. The second-order valence-corrected chi connectivity index (χ2v) is 16.5. The normalized spacial score (nSPS) is 19.5. The first-order chi connectivity index (χ1) is 26.7. The van der Waals surface area contributed by atoms with Crippen molar-refractivity contribution in [2.45, 2.75) is 68.3 Å². The van der Waals surface area contributed by atoms with Crippen LogP contribution in [-0.2, 0) is 46.9 Å². The van der Waals surface area contributed by atoms with Crippen molar-refractivity contribution >= 4 is 32.7 Å². The van der Waals surface area contributed by atoms with E-state index in [4.69, 9.17) is 4.98 Å². The van der Waals surface area contributed by atoms with Crippen LogP contribution >= 0.6 is 0 Å². The van der Waals surface area contributed by atoms with Crippen LogP contribution in [0.1, 0.15) is 71.5 Å². The maximum Gasteiger partial charge on any atom is 0.435 e. The van der Waals surface area contributed by atoms with Crippen molar-refractivity contribution in [3.05, 3.63) is 94.1 Å². The number of benzene rings is 2. The molecular weight excluding hydrogens is 784 g/mol. The fourth-order valence-electron chi connectivity index (χ4n) is 7.81. The van der Waals surface area contributed by atoms with Crippen molar-refractivity contribution in [2.24, 2.45) is 13.0 Å². The number of amides is 1. The lowest BCUT2D eigenvalue weighted by atomic mass is 9.81. The number of aliphatic hydroxyl groups is 1. The number of aromatic nitrogens is 5. The molecule has 57 heavy (non-hydrogen) atoms. The Bertz CT molecular complexity index is 2640. The van der Waals surface area contributed by atoms with Crippen LogP contribution in [-0.4, -0.2) is 55.8 Å². The van der Waals surface area contributed by atoms with Gasteiger partial charge in [0.25, 0.3) is 5.92 Å². The Kier molecular flexibility index (Phi) is 8.96. The lowest BCUT2D eigenvalue weighted by Crippen LogP contribution is -2.35. The van der Waals surface area contributed by atoms with Crippen LogP contribution in [0.3, 0.4) is 0 Å². The standard InChI is InChI=1S/C38H32F7N7O4S/c1-51-32-24(5-3-6-25(32)35(49-51)50-57(2,55)56)23-8-7-22(9-12-36(54)10-4-11-36)46-31(23)28(15-19-13-20(39)16-21(40)14-19)47-29(53)18-52-34-30(33(48-52)38(43,44)45)26-17-27(26)37(34,41)42/h3,5-8,13-14,16,26-28,54H,4,10-11,15,17-18H2,1-2H3,(H,47,53)(H,49,50)/t26-,27?,28-/m0/s1. The quantitative estimate of drug-likeness (QED) is 0.121. The molecule has 1 amide bonds. The van der Waals surface area contributed by atoms with Crippen molar-refractivity contribution in [1.29, 1.82) is 0 Å². The molecule has 11 nitrogen and oxygen atoms in total. The molecule has 2 saturated carbocycles. The average molecular weight is 816 g/mol. The zero-order valence-electron chi connectivity index (χ0n) is 30.1. The number of para-hydroxylation sites is 1. The number of carbonyl (C=O) groups excluding carboxylic acids is 1. The van der Waals surface area contributed by atoms with Gasteiger partial charge < -0.3 is 10.4 Å². The monoisotopic (exact) mass is 815 g/mol. The average Bonchev–Trinajstić information content (AvgIpc) is 3.64. The molecular formula is C38H32F7N7O4S. The molecule has 0 spiro atoms. The van der Waals surface area contributed by atoms with E-state index in [9.17, 15) is 40.3 Å². The Morgan fingerprint density at radius 1 is 1.07 bits per heavy atom. The van der Waals surface area contributed by atoms with Crippen LogP contribution < -0.4 is 10.0 Å². The summed E-state index contributed by atoms with van der Waals surface area (Å²) in [6.45, 7) is -1.07. The topological polar surface area (TPSA) is 144 Å². The lowest BCUT2D eigenvalue weighted by Gasteiger charge is -2.30. The molecule has 3 aliphatic carbocycles. The number of fused-ring (bicyclic) bond motifs is 4.